The van der Waals surface area contributed by atoms with Gasteiger partial charge in [0.1, 0.15) is 22.8 Å². The molecule has 0 unspecified atom stereocenters. The summed E-state index contributed by atoms with van der Waals surface area (Å²) >= 11 is 0. The quantitative estimate of drug-likeness (QED) is 0.153. The molecule has 12 heteroatoms. The fourth-order valence-electron chi connectivity index (χ4n) is 6.88. The number of carbonyl (C=O) groups is 4. The topological polar surface area (TPSA) is 194 Å². The molecule has 0 aliphatic heterocycles. The van der Waals surface area contributed by atoms with Gasteiger partial charge < -0.3 is 36.4 Å². The van der Waals surface area contributed by atoms with Crippen LogP contribution in [0.15, 0.2) is 47.2 Å². The number of ketones is 3. The highest BCUT2D eigenvalue weighted by Gasteiger charge is 2.64. The van der Waals surface area contributed by atoms with Gasteiger partial charge in [-0.05, 0) is 57.0 Å². The summed E-state index contributed by atoms with van der Waals surface area (Å²) in [6.07, 6.45) is 0.193. The van der Waals surface area contributed by atoms with Crippen molar-refractivity contribution in [2.75, 3.05) is 38.4 Å². The average molecular weight is 605 g/mol. The number of phenols is 1. The van der Waals surface area contributed by atoms with Gasteiger partial charge in [-0.2, -0.15) is 0 Å². The molecular formula is C32H36N4O8. The number of rotatable bonds is 7. The number of Topliss-reactive ketones (excluding diaryl/α,β-unsaturated/α-hetero) is 3. The smallest absolute Gasteiger partial charge is 0.255 e. The van der Waals surface area contributed by atoms with Gasteiger partial charge in [-0.15, -0.1) is 0 Å². The number of hydrogen-bond acceptors (Lipinski definition) is 11. The molecule has 0 aromatic heterocycles. The fraction of sp³-hybridized carbons (Fsp3) is 0.375. The highest BCUT2D eigenvalue weighted by atomic mass is 16.3. The van der Waals surface area contributed by atoms with Crippen LogP contribution in [0.25, 0.3) is 5.76 Å². The SMILES string of the molecule is CC(=O)c1ccc(CNc2cc(N(C)C)c3c(c2O)C(O)=C2C(=O)[C@@]4(O)C(O)=C(C(N)=O)C(=O)[C@H](N(C)C)[C@H]4C[C@H]2C3)cc1. The molecule has 4 atom stereocenters. The number of benzene rings is 2. The second kappa shape index (κ2) is 10.8. The lowest BCUT2D eigenvalue weighted by Crippen LogP contribution is -2.65. The molecule has 5 rings (SSSR count). The number of likely N-dealkylation sites (N-methyl/N-ethyl adjacent to an activating group) is 1. The number of amides is 1. The van der Waals surface area contributed by atoms with E-state index in [1.165, 1.54) is 11.8 Å². The van der Waals surface area contributed by atoms with Gasteiger partial charge in [0.25, 0.3) is 5.91 Å². The van der Waals surface area contributed by atoms with Crippen molar-refractivity contribution in [2.45, 2.75) is 38.0 Å². The van der Waals surface area contributed by atoms with Gasteiger partial charge in [0.15, 0.2) is 17.2 Å². The fourth-order valence-corrected chi connectivity index (χ4v) is 6.88. The first-order chi connectivity index (χ1) is 20.6. The predicted octanol–water partition coefficient (Wildman–Crippen LogP) is 1.84. The molecule has 2 aromatic rings. The van der Waals surface area contributed by atoms with Crippen LogP contribution in [0.5, 0.6) is 5.75 Å². The van der Waals surface area contributed by atoms with Gasteiger partial charge in [0.2, 0.25) is 5.78 Å². The number of phenolic OH excluding ortho intramolecular Hbond substituents is 1. The predicted molar refractivity (Wildman–Crippen MR) is 162 cm³/mol. The van der Waals surface area contributed by atoms with Crippen molar-refractivity contribution in [1.29, 1.82) is 0 Å². The number of nitrogens with zero attached hydrogens (tertiary/aromatic N) is 2. The number of nitrogens with one attached hydrogen (secondary N) is 1. The maximum absolute atomic E-state index is 14.1. The molecule has 1 saturated carbocycles. The monoisotopic (exact) mass is 604 g/mol. The van der Waals surface area contributed by atoms with Crippen LogP contribution in [0.3, 0.4) is 0 Å². The third-order valence-corrected chi connectivity index (χ3v) is 9.02. The standard InChI is InChI=1S/C32H36N4O8/c1-14(37)16-8-6-15(7-9-16)13-34-20-12-21(35(2)3)18-10-17-11-19-25(36(4)5)28(40)24(31(33)43)30(42)32(19,44)29(41)22(17)27(39)23(18)26(20)38/h6-9,12,17,19,25,34,38-39,42,44H,10-11,13H2,1-5H3,(H2,33,43)/t17-,19-,25-,32-/m1/s1. The van der Waals surface area contributed by atoms with Crippen LogP contribution in [0, 0.1) is 11.8 Å². The first-order valence-corrected chi connectivity index (χ1v) is 14.2. The van der Waals surface area contributed by atoms with E-state index in [1.807, 2.05) is 4.90 Å². The molecule has 3 aliphatic rings. The van der Waals surface area contributed by atoms with E-state index in [0.29, 0.717) is 16.8 Å². The third-order valence-electron chi connectivity index (χ3n) is 9.02. The number of aliphatic hydroxyl groups is 3. The van der Waals surface area contributed by atoms with E-state index in [4.69, 9.17) is 5.73 Å². The molecule has 7 N–H and O–H groups in total. The van der Waals surface area contributed by atoms with Crippen molar-refractivity contribution in [3.63, 3.8) is 0 Å². The second-order valence-corrected chi connectivity index (χ2v) is 12.1. The molecule has 3 aliphatic carbocycles. The number of aliphatic hydroxyl groups excluding tert-OH is 2. The molecule has 232 valence electrons. The van der Waals surface area contributed by atoms with Crippen molar-refractivity contribution in [3.8, 4) is 5.75 Å². The molecule has 1 fully saturated rings. The van der Waals surface area contributed by atoms with Gasteiger partial charge in [0, 0.05) is 43.4 Å². The summed E-state index contributed by atoms with van der Waals surface area (Å²) in [5.74, 6) is -7.03. The van der Waals surface area contributed by atoms with Crippen LogP contribution >= 0.6 is 0 Å². The lowest BCUT2D eigenvalue weighted by molar-refractivity contribution is -0.153. The Morgan fingerprint density at radius 1 is 1.07 bits per heavy atom. The zero-order valence-corrected chi connectivity index (χ0v) is 25.1. The van der Waals surface area contributed by atoms with Crippen LogP contribution in [0.4, 0.5) is 11.4 Å². The van der Waals surface area contributed by atoms with Crippen LogP contribution in [0.2, 0.25) is 0 Å². The minimum atomic E-state index is -2.70. The van der Waals surface area contributed by atoms with E-state index in [-0.39, 0.29) is 47.7 Å². The van der Waals surface area contributed by atoms with E-state index >= 15 is 0 Å². The maximum Gasteiger partial charge on any atom is 0.255 e. The van der Waals surface area contributed by atoms with Gasteiger partial charge in [-0.25, -0.2) is 0 Å². The molecule has 0 radical (unpaired) electrons. The zero-order valence-electron chi connectivity index (χ0n) is 25.1. The molecule has 12 nitrogen and oxygen atoms in total. The van der Waals surface area contributed by atoms with Gasteiger partial charge in [-0.1, -0.05) is 24.3 Å². The molecule has 0 saturated heterocycles. The van der Waals surface area contributed by atoms with E-state index in [1.54, 1.807) is 58.5 Å². The minimum absolute atomic E-state index is 0.00178. The molecule has 2 aromatic carbocycles. The molecule has 0 bridgehead atoms. The maximum atomic E-state index is 14.1. The third kappa shape index (κ3) is 4.52. The molecule has 1 amide bonds. The van der Waals surface area contributed by atoms with E-state index in [9.17, 15) is 39.6 Å². The first kappa shape index (κ1) is 30.8. The van der Waals surface area contributed by atoms with Crippen molar-refractivity contribution in [1.82, 2.24) is 4.90 Å². The number of carbonyl (C=O) groups excluding carboxylic acids is 4. The summed E-state index contributed by atoms with van der Waals surface area (Å²) in [6, 6.07) is 7.55. The minimum Gasteiger partial charge on any atom is -0.508 e. The largest absolute Gasteiger partial charge is 0.508 e. The Bertz CT molecular complexity index is 1670. The van der Waals surface area contributed by atoms with Gasteiger partial charge >= 0.3 is 0 Å². The Kier molecular flexibility index (Phi) is 7.55. The second-order valence-electron chi connectivity index (χ2n) is 12.1. The number of anilines is 2. The Balaban J connectivity index is 1.63. The van der Waals surface area contributed by atoms with Crippen molar-refractivity contribution < 1.29 is 39.6 Å². The van der Waals surface area contributed by atoms with E-state index < -0.39 is 58.0 Å². The Labute approximate surface area is 254 Å². The van der Waals surface area contributed by atoms with Crippen LogP contribution in [-0.4, -0.2) is 88.4 Å². The van der Waals surface area contributed by atoms with Crippen molar-refractivity contribution >= 4 is 40.4 Å². The Morgan fingerprint density at radius 3 is 2.25 bits per heavy atom. The number of fused-ring (bicyclic) bond motifs is 3. The van der Waals surface area contributed by atoms with Gasteiger partial charge in [-0.3, -0.25) is 24.1 Å². The lowest BCUT2D eigenvalue weighted by atomic mass is 9.57. The average Bonchev–Trinajstić information content (AvgIpc) is 2.94. The van der Waals surface area contributed by atoms with Crippen LogP contribution < -0.4 is 16.0 Å². The highest BCUT2D eigenvalue weighted by molar-refractivity contribution is 6.24. The van der Waals surface area contributed by atoms with E-state index in [0.717, 1.165) is 5.56 Å². The Hall–Kier alpha value is -4.68. The Morgan fingerprint density at radius 2 is 1.70 bits per heavy atom. The van der Waals surface area contributed by atoms with Crippen LogP contribution in [0.1, 0.15) is 40.4 Å². The van der Waals surface area contributed by atoms with Crippen LogP contribution in [-0.2, 0) is 27.3 Å². The summed E-state index contributed by atoms with van der Waals surface area (Å²) in [7, 11) is 6.71. The van der Waals surface area contributed by atoms with Crippen molar-refractivity contribution in [3.05, 3.63) is 69.5 Å². The molecule has 44 heavy (non-hydrogen) atoms. The number of aromatic hydroxyl groups is 1. The summed E-state index contributed by atoms with van der Waals surface area (Å²) in [5, 5.41) is 49.1. The van der Waals surface area contributed by atoms with Crippen molar-refractivity contribution in [2.24, 2.45) is 17.6 Å². The summed E-state index contributed by atoms with van der Waals surface area (Å²) in [4.78, 5) is 54.5. The van der Waals surface area contributed by atoms with Gasteiger partial charge in [0.05, 0.1) is 17.3 Å². The lowest BCUT2D eigenvalue weighted by Gasteiger charge is -2.50. The molecular weight excluding hydrogens is 568 g/mol. The number of primary amides is 1. The summed E-state index contributed by atoms with van der Waals surface area (Å²) < 4.78 is 0. The molecule has 0 spiro atoms. The normalized spacial score (nSPS) is 24.6. The molecule has 0 heterocycles. The van der Waals surface area contributed by atoms with E-state index in [2.05, 4.69) is 5.32 Å². The number of nitrogens with two attached hydrogens (primary N) is 1. The summed E-state index contributed by atoms with van der Waals surface area (Å²) in [5.41, 5.74) is 4.51. The summed E-state index contributed by atoms with van der Waals surface area (Å²) in [6.45, 7) is 1.75. The highest BCUT2D eigenvalue weighted by Crippen LogP contribution is 2.54. The number of hydrogen-bond donors (Lipinski definition) is 6. The zero-order chi connectivity index (χ0) is 32.4. The first-order valence-electron chi connectivity index (χ1n) is 14.2.